The molecule has 5 heteroatoms. The zero-order valence-electron chi connectivity index (χ0n) is 11.0. The number of hydrogen-bond acceptors (Lipinski definition) is 4. The third kappa shape index (κ3) is 2.44. The van der Waals surface area contributed by atoms with Crippen LogP contribution < -0.4 is 5.73 Å². The number of nitrogens with zero attached hydrogens (tertiary/aromatic N) is 1. The summed E-state index contributed by atoms with van der Waals surface area (Å²) in [6, 6.07) is 13.0. The van der Waals surface area contributed by atoms with Crippen molar-refractivity contribution in [1.82, 2.24) is 4.98 Å². The molecule has 0 amide bonds. The number of nitrogens with two attached hydrogens (primary N) is 1. The van der Waals surface area contributed by atoms with E-state index in [1.165, 1.54) is 0 Å². The summed E-state index contributed by atoms with van der Waals surface area (Å²) in [7, 11) is -1.18. The number of nitrogen functional groups attached to an aromatic ring is 1. The van der Waals surface area contributed by atoms with Crippen molar-refractivity contribution < 1.29 is 8.63 Å². The van der Waals surface area contributed by atoms with Crippen molar-refractivity contribution in [2.24, 2.45) is 0 Å². The summed E-state index contributed by atoms with van der Waals surface area (Å²) < 4.78 is 17.9. The summed E-state index contributed by atoms with van der Waals surface area (Å²) in [4.78, 5) is 5.09. The number of oxazole rings is 1. The Labute approximate surface area is 119 Å². The molecule has 0 saturated carbocycles. The van der Waals surface area contributed by atoms with E-state index in [-0.39, 0.29) is 5.75 Å². The Morgan fingerprint density at radius 2 is 2.05 bits per heavy atom. The zero-order chi connectivity index (χ0) is 14.1. The fraction of sp³-hybridized carbons (Fsp3) is 0.133. The Hall–Kier alpha value is -2.14. The Kier molecular flexibility index (Phi) is 3.28. The molecule has 3 aromatic rings. The van der Waals surface area contributed by atoms with Gasteiger partial charge in [0.25, 0.3) is 0 Å². The predicted octanol–water partition coefficient (Wildman–Crippen LogP) is 3.03. The minimum absolute atomic E-state index is 0.248. The van der Waals surface area contributed by atoms with Crippen LogP contribution >= 0.6 is 0 Å². The number of aryl methyl sites for hydroxylation is 1. The van der Waals surface area contributed by atoms with Gasteiger partial charge >= 0.3 is 0 Å². The molecule has 1 atom stereocenters. The molecule has 0 aliphatic rings. The molecule has 20 heavy (non-hydrogen) atoms. The van der Waals surface area contributed by atoms with Crippen LogP contribution in [0.4, 0.5) is 5.69 Å². The molecule has 4 nitrogen and oxygen atoms in total. The second-order valence-corrected chi connectivity index (χ2v) is 6.06. The maximum atomic E-state index is 12.3. The zero-order valence-corrected chi connectivity index (χ0v) is 11.8. The van der Waals surface area contributed by atoms with Gasteiger partial charge in [0.15, 0.2) is 5.58 Å². The molecule has 0 saturated heterocycles. The maximum absolute atomic E-state index is 12.3. The lowest BCUT2D eigenvalue weighted by molar-refractivity contribution is 0.552. The number of para-hydroxylation sites is 1. The molecule has 1 unspecified atom stereocenters. The molecule has 102 valence electrons. The summed E-state index contributed by atoms with van der Waals surface area (Å²) in [5, 5.41) is 0. The minimum atomic E-state index is -1.18. The summed E-state index contributed by atoms with van der Waals surface area (Å²) in [6.45, 7) is 1.97. The van der Waals surface area contributed by atoms with Gasteiger partial charge in [-0.1, -0.05) is 18.2 Å². The predicted molar refractivity (Wildman–Crippen MR) is 79.7 cm³/mol. The number of rotatable bonds is 3. The van der Waals surface area contributed by atoms with Crippen LogP contribution in [0.2, 0.25) is 0 Å². The normalized spacial score (nSPS) is 12.7. The number of fused-ring (bicyclic) bond motifs is 1. The van der Waals surface area contributed by atoms with Gasteiger partial charge in [0.05, 0.1) is 16.5 Å². The van der Waals surface area contributed by atoms with Crippen molar-refractivity contribution in [1.29, 1.82) is 0 Å². The highest BCUT2D eigenvalue weighted by atomic mass is 32.2. The van der Waals surface area contributed by atoms with Crippen LogP contribution in [0.25, 0.3) is 11.1 Å². The van der Waals surface area contributed by atoms with Gasteiger partial charge < -0.3 is 10.2 Å². The van der Waals surface area contributed by atoms with E-state index in [0.717, 1.165) is 10.5 Å². The number of hydrogen-bond donors (Lipinski definition) is 1. The smallest absolute Gasteiger partial charge is 0.208 e. The lowest BCUT2D eigenvalue weighted by Crippen LogP contribution is -1.97. The second kappa shape index (κ2) is 5.09. The Balaban J connectivity index is 1.89. The van der Waals surface area contributed by atoms with Gasteiger partial charge in [-0.15, -0.1) is 0 Å². The first kappa shape index (κ1) is 12.9. The van der Waals surface area contributed by atoms with Crippen LogP contribution in [0.5, 0.6) is 0 Å². The van der Waals surface area contributed by atoms with Crippen molar-refractivity contribution in [2.45, 2.75) is 17.6 Å². The van der Waals surface area contributed by atoms with E-state index in [9.17, 15) is 4.21 Å². The van der Waals surface area contributed by atoms with Crippen molar-refractivity contribution in [2.75, 3.05) is 5.73 Å². The molecule has 2 N–H and O–H groups in total. The van der Waals surface area contributed by atoms with E-state index in [1.54, 1.807) is 12.1 Å². The van der Waals surface area contributed by atoms with Crippen molar-refractivity contribution >= 4 is 27.6 Å². The summed E-state index contributed by atoms with van der Waals surface area (Å²) in [5.74, 6) is 0.690. The van der Waals surface area contributed by atoms with Gasteiger partial charge in [-0.3, -0.25) is 4.21 Å². The highest BCUT2D eigenvalue weighted by Crippen LogP contribution is 2.22. The van der Waals surface area contributed by atoms with E-state index in [0.29, 0.717) is 22.7 Å². The molecule has 0 aliphatic carbocycles. The van der Waals surface area contributed by atoms with Gasteiger partial charge in [-0.2, -0.15) is 0 Å². The molecule has 0 bridgehead atoms. The third-order valence-corrected chi connectivity index (χ3v) is 4.29. The lowest BCUT2D eigenvalue weighted by atomic mass is 10.2. The first-order chi connectivity index (χ1) is 9.63. The number of benzene rings is 2. The number of aromatic nitrogens is 1. The maximum Gasteiger partial charge on any atom is 0.208 e. The van der Waals surface area contributed by atoms with E-state index in [4.69, 9.17) is 10.2 Å². The summed E-state index contributed by atoms with van der Waals surface area (Å²) in [5.41, 5.74) is 8.74. The van der Waals surface area contributed by atoms with Gasteiger partial charge in [-0.05, 0) is 36.8 Å². The van der Waals surface area contributed by atoms with Crippen molar-refractivity contribution in [3.8, 4) is 0 Å². The second-order valence-electron chi connectivity index (χ2n) is 4.61. The first-order valence-electron chi connectivity index (χ1n) is 6.22. The standard InChI is InChI=1S/C15H14N2O2S/c1-10-4-2-5-11(8-10)20(18)9-14-17-15-12(16)6-3-7-13(15)19-14/h2-8H,9,16H2,1H3. The van der Waals surface area contributed by atoms with Gasteiger partial charge in [-0.25, -0.2) is 4.98 Å². The Bertz CT molecular complexity index is 795. The van der Waals surface area contributed by atoms with Gasteiger partial charge in [0, 0.05) is 4.90 Å². The largest absolute Gasteiger partial charge is 0.440 e. The first-order valence-corrected chi connectivity index (χ1v) is 7.54. The Morgan fingerprint density at radius 3 is 2.80 bits per heavy atom. The van der Waals surface area contributed by atoms with E-state index < -0.39 is 10.8 Å². The molecule has 0 spiro atoms. The fourth-order valence-electron chi connectivity index (χ4n) is 2.03. The van der Waals surface area contributed by atoms with E-state index >= 15 is 0 Å². The Morgan fingerprint density at radius 1 is 1.25 bits per heavy atom. The summed E-state index contributed by atoms with van der Waals surface area (Å²) >= 11 is 0. The van der Waals surface area contributed by atoms with Crippen LogP contribution in [-0.2, 0) is 16.6 Å². The van der Waals surface area contributed by atoms with Crippen molar-refractivity contribution in [3.63, 3.8) is 0 Å². The van der Waals surface area contributed by atoms with Crippen LogP contribution in [0, 0.1) is 6.92 Å². The monoisotopic (exact) mass is 286 g/mol. The third-order valence-electron chi connectivity index (χ3n) is 3.00. The van der Waals surface area contributed by atoms with Crippen LogP contribution in [0.3, 0.4) is 0 Å². The van der Waals surface area contributed by atoms with Gasteiger partial charge in [0.2, 0.25) is 5.89 Å². The average molecular weight is 286 g/mol. The summed E-state index contributed by atoms with van der Waals surface area (Å²) in [6.07, 6.45) is 0. The number of anilines is 1. The molecular formula is C15H14N2O2S. The quantitative estimate of drug-likeness (QED) is 0.751. The molecule has 2 aromatic carbocycles. The molecule has 0 radical (unpaired) electrons. The highest BCUT2D eigenvalue weighted by Gasteiger charge is 2.12. The molecule has 3 rings (SSSR count). The lowest BCUT2D eigenvalue weighted by Gasteiger charge is -2.00. The molecular weight excluding hydrogens is 272 g/mol. The molecule has 1 aromatic heterocycles. The molecule has 1 heterocycles. The van der Waals surface area contributed by atoms with Crippen LogP contribution in [0.1, 0.15) is 11.5 Å². The molecule has 0 aliphatic heterocycles. The topological polar surface area (TPSA) is 69.1 Å². The minimum Gasteiger partial charge on any atom is -0.440 e. The van der Waals surface area contributed by atoms with Gasteiger partial charge in [0.1, 0.15) is 11.3 Å². The molecule has 0 fully saturated rings. The van der Waals surface area contributed by atoms with Crippen LogP contribution in [-0.4, -0.2) is 9.19 Å². The SMILES string of the molecule is Cc1cccc(S(=O)Cc2nc3c(N)cccc3o2)c1. The average Bonchev–Trinajstić information content (AvgIpc) is 2.83. The highest BCUT2D eigenvalue weighted by molar-refractivity contribution is 7.84. The van der Waals surface area contributed by atoms with Crippen LogP contribution in [0.15, 0.2) is 51.8 Å². The fourth-order valence-corrected chi connectivity index (χ4v) is 3.09. The van der Waals surface area contributed by atoms with Crippen molar-refractivity contribution in [3.05, 3.63) is 53.9 Å². The van der Waals surface area contributed by atoms with E-state index in [2.05, 4.69) is 4.98 Å². The van der Waals surface area contributed by atoms with E-state index in [1.807, 2.05) is 37.3 Å².